The number of halogens is 2. The van der Waals surface area contributed by atoms with Gasteiger partial charge in [-0.15, -0.1) is 0 Å². The third kappa shape index (κ3) is 4.30. The molecule has 7 nitrogen and oxygen atoms in total. The summed E-state index contributed by atoms with van der Waals surface area (Å²) >= 11 is 0. The highest BCUT2D eigenvalue weighted by Crippen LogP contribution is 2.26. The van der Waals surface area contributed by atoms with E-state index >= 15 is 0 Å². The first-order valence-corrected chi connectivity index (χ1v) is 10.0. The van der Waals surface area contributed by atoms with Crippen LogP contribution in [-0.2, 0) is 6.54 Å². The van der Waals surface area contributed by atoms with Crippen LogP contribution >= 0.6 is 0 Å². The number of aromatic nitrogens is 4. The highest BCUT2D eigenvalue weighted by molar-refractivity contribution is 5.89. The lowest BCUT2D eigenvalue weighted by Gasteiger charge is -2.32. The molecule has 0 atom stereocenters. The van der Waals surface area contributed by atoms with Crippen molar-refractivity contribution in [1.82, 2.24) is 24.8 Å². The second kappa shape index (κ2) is 8.43. The normalized spacial score (nSPS) is 15.8. The summed E-state index contributed by atoms with van der Waals surface area (Å²) in [5.41, 5.74) is 9.29. The molecule has 4 heterocycles. The molecule has 3 aromatic rings. The van der Waals surface area contributed by atoms with Gasteiger partial charge in [-0.05, 0) is 49.9 Å². The van der Waals surface area contributed by atoms with Crippen molar-refractivity contribution < 1.29 is 8.78 Å². The standard InChI is InChI=1S/C21H25F2N7/c1-12-9-13(2)26-20-17(12)19(24)28-21(29-20)27-15-4-7-30(8-5-15)11-14-3-6-25-10-16(14)18(22)23/h3,6,9-10,15,18H,4-5,7-8,11H2,1-2H3,(H3,24,26,27,28,29). The molecule has 1 fully saturated rings. The predicted molar refractivity (Wildman–Crippen MR) is 112 cm³/mol. The number of nitrogens with one attached hydrogen (secondary N) is 1. The van der Waals surface area contributed by atoms with Crippen molar-refractivity contribution >= 4 is 22.8 Å². The molecule has 1 saturated heterocycles. The van der Waals surface area contributed by atoms with Crippen LogP contribution in [0.15, 0.2) is 24.5 Å². The van der Waals surface area contributed by atoms with Crippen LogP contribution in [0.1, 0.15) is 41.7 Å². The van der Waals surface area contributed by atoms with Crippen LogP contribution in [-0.4, -0.2) is 44.0 Å². The van der Waals surface area contributed by atoms with Gasteiger partial charge in [-0.2, -0.15) is 9.97 Å². The lowest BCUT2D eigenvalue weighted by Crippen LogP contribution is -2.39. The van der Waals surface area contributed by atoms with E-state index in [0.717, 1.165) is 42.6 Å². The number of aryl methyl sites for hydroxylation is 2. The first kappa shape index (κ1) is 20.3. The van der Waals surface area contributed by atoms with Crippen molar-refractivity contribution in [2.45, 2.75) is 45.7 Å². The van der Waals surface area contributed by atoms with Gasteiger partial charge in [-0.3, -0.25) is 9.88 Å². The molecular formula is C21H25F2N7. The molecule has 3 N–H and O–H groups in total. The fourth-order valence-corrected chi connectivity index (χ4v) is 4.01. The Hall–Kier alpha value is -2.94. The van der Waals surface area contributed by atoms with E-state index in [1.165, 1.54) is 6.20 Å². The molecule has 0 bridgehead atoms. The Morgan fingerprint density at radius 3 is 2.70 bits per heavy atom. The number of pyridine rings is 2. The van der Waals surface area contributed by atoms with E-state index in [-0.39, 0.29) is 11.6 Å². The zero-order valence-electron chi connectivity index (χ0n) is 17.1. The van der Waals surface area contributed by atoms with Gasteiger partial charge < -0.3 is 11.1 Å². The number of hydrogen-bond acceptors (Lipinski definition) is 7. The molecular weight excluding hydrogens is 388 g/mol. The number of rotatable bonds is 5. The third-order valence-electron chi connectivity index (χ3n) is 5.52. The summed E-state index contributed by atoms with van der Waals surface area (Å²) in [6.45, 7) is 5.98. The van der Waals surface area contributed by atoms with E-state index in [1.54, 1.807) is 12.3 Å². The van der Waals surface area contributed by atoms with E-state index in [4.69, 9.17) is 5.73 Å². The molecule has 1 aliphatic rings. The molecule has 0 spiro atoms. The monoisotopic (exact) mass is 413 g/mol. The zero-order chi connectivity index (χ0) is 21.3. The lowest BCUT2D eigenvalue weighted by molar-refractivity contribution is 0.146. The van der Waals surface area contributed by atoms with Gasteiger partial charge in [0.05, 0.1) is 5.39 Å². The molecule has 0 amide bonds. The predicted octanol–water partition coefficient (Wildman–Crippen LogP) is 3.63. The summed E-state index contributed by atoms with van der Waals surface area (Å²) in [6, 6.07) is 3.83. The number of nitrogen functional groups attached to an aromatic ring is 1. The molecule has 0 unspecified atom stereocenters. The third-order valence-corrected chi connectivity index (χ3v) is 5.52. The molecule has 0 aliphatic carbocycles. The molecule has 158 valence electrons. The first-order chi connectivity index (χ1) is 14.4. The van der Waals surface area contributed by atoms with Gasteiger partial charge in [0.1, 0.15) is 5.82 Å². The summed E-state index contributed by atoms with van der Waals surface area (Å²) < 4.78 is 26.4. The minimum atomic E-state index is -2.51. The van der Waals surface area contributed by atoms with Crippen molar-refractivity contribution in [1.29, 1.82) is 0 Å². The highest BCUT2D eigenvalue weighted by Gasteiger charge is 2.22. The smallest absolute Gasteiger partial charge is 0.265 e. The molecule has 0 saturated carbocycles. The fourth-order valence-electron chi connectivity index (χ4n) is 4.01. The molecule has 9 heteroatoms. The zero-order valence-corrected chi connectivity index (χ0v) is 17.1. The van der Waals surface area contributed by atoms with Gasteiger partial charge in [0, 0.05) is 49.3 Å². The lowest BCUT2D eigenvalue weighted by atomic mass is 10.0. The summed E-state index contributed by atoms with van der Waals surface area (Å²) in [7, 11) is 0. The van der Waals surface area contributed by atoms with Gasteiger partial charge in [0.15, 0.2) is 5.65 Å². The van der Waals surface area contributed by atoms with Gasteiger partial charge in [0.2, 0.25) is 5.95 Å². The number of anilines is 2. The number of likely N-dealkylation sites (tertiary alicyclic amines) is 1. The minimum Gasteiger partial charge on any atom is -0.383 e. The van der Waals surface area contributed by atoms with E-state index in [2.05, 4.69) is 30.2 Å². The topological polar surface area (TPSA) is 92.8 Å². The number of nitrogens with two attached hydrogens (primary N) is 1. The molecule has 3 aromatic heterocycles. The molecule has 4 rings (SSSR count). The Morgan fingerprint density at radius 1 is 1.20 bits per heavy atom. The van der Waals surface area contributed by atoms with Gasteiger partial charge >= 0.3 is 0 Å². The van der Waals surface area contributed by atoms with Gasteiger partial charge in [0.25, 0.3) is 6.43 Å². The number of alkyl halides is 2. The average molecular weight is 413 g/mol. The number of piperidine rings is 1. The maximum absolute atomic E-state index is 13.2. The summed E-state index contributed by atoms with van der Waals surface area (Å²) in [4.78, 5) is 19.5. The minimum absolute atomic E-state index is 0.0101. The van der Waals surface area contributed by atoms with Gasteiger partial charge in [-0.25, -0.2) is 13.8 Å². The summed E-state index contributed by atoms with van der Waals surface area (Å²) in [5, 5.41) is 4.15. The van der Waals surface area contributed by atoms with Crippen LogP contribution in [0.25, 0.3) is 11.0 Å². The van der Waals surface area contributed by atoms with Crippen LogP contribution in [0, 0.1) is 13.8 Å². The quantitative estimate of drug-likeness (QED) is 0.660. The number of fused-ring (bicyclic) bond motifs is 1. The Kier molecular flexibility index (Phi) is 5.72. The summed E-state index contributed by atoms with van der Waals surface area (Å²) in [6.07, 6.45) is 2.03. The van der Waals surface area contributed by atoms with Crippen LogP contribution < -0.4 is 11.1 Å². The SMILES string of the molecule is Cc1cc(C)c2c(N)nc(NC3CCN(Cc4ccncc4C(F)F)CC3)nc2n1. The van der Waals surface area contributed by atoms with Crippen molar-refractivity contribution in [3.8, 4) is 0 Å². The maximum Gasteiger partial charge on any atom is 0.265 e. The average Bonchev–Trinajstić information content (AvgIpc) is 2.69. The molecule has 0 aromatic carbocycles. The molecule has 0 radical (unpaired) electrons. The van der Waals surface area contributed by atoms with E-state index in [9.17, 15) is 8.78 Å². The van der Waals surface area contributed by atoms with Crippen molar-refractivity contribution in [2.24, 2.45) is 0 Å². The van der Waals surface area contributed by atoms with Crippen LogP contribution in [0.5, 0.6) is 0 Å². The highest BCUT2D eigenvalue weighted by atomic mass is 19.3. The van der Waals surface area contributed by atoms with E-state index < -0.39 is 6.43 Å². The second-order valence-corrected chi connectivity index (χ2v) is 7.78. The van der Waals surface area contributed by atoms with Crippen LogP contribution in [0.3, 0.4) is 0 Å². The fraction of sp³-hybridized carbons (Fsp3) is 0.429. The van der Waals surface area contributed by atoms with Crippen molar-refractivity contribution in [3.63, 3.8) is 0 Å². The van der Waals surface area contributed by atoms with Crippen molar-refractivity contribution in [3.05, 3.63) is 46.9 Å². The Bertz CT molecular complexity index is 1050. The van der Waals surface area contributed by atoms with Crippen LogP contribution in [0.2, 0.25) is 0 Å². The number of nitrogens with zero attached hydrogens (tertiary/aromatic N) is 5. The van der Waals surface area contributed by atoms with Gasteiger partial charge in [-0.1, -0.05) is 0 Å². The first-order valence-electron chi connectivity index (χ1n) is 10.0. The molecule has 1 aliphatic heterocycles. The Morgan fingerprint density at radius 2 is 1.97 bits per heavy atom. The Balaban J connectivity index is 1.41. The second-order valence-electron chi connectivity index (χ2n) is 7.78. The maximum atomic E-state index is 13.2. The molecule has 30 heavy (non-hydrogen) atoms. The van der Waals surface area contributed by atoms with Crippen molar-refractivity contribution in [2.75, 3.05) is 24.1 Å². The largest absolute Gasteiger partial charge is 0.383 e. The van der Waals surface area contributed by atoms with E-state index in [1.807, 2.05) is 19.9 Å². The number of hydrogen-bond donors (Lipinski definition) is 2. The Labute approximate surface area is 173 Å². The summed E-state index contributed by atoms with van der Waals surface area (Å²) in [5.74, 6) is 0.896. The van der Waals surface area contributed by atoms with Crippen LogP contribution in [0.4, 0.5) is 20.5 Å². The van der Waals surface area contributed by atoms with E-state index in [0.29, 0.717) is 29.5 Å².